The van der Waals surface area contributed by atoms with E-state index in [1.807, 2.05) is 23.5 Å². The summed E-state index contributed by atoms with van der Waals surface area (Å²) in [6.45, 7) is 2.96. The molecule has 0 amide bonds. The molecule has 0 saturated carbocycles. The zero-order chi connectivity index (χ0) is 15.6. The van der Waals surface area contributed by atoms with Crippen molar-refractivity contribution in [2.24, 2.45) is 0 Å². The second kappa shape index (κ2) is 6.24. The zero-order valence-electron chi connectivity index (χ0n) is 13.3. The van der Waals surface area contributed by atoms with Crippen molar-refractivity contribution in [2.45, 2.75) is 39.0 Å². The van der Waals surface area contributed by atoms with Crippen molar-refractivity contribution in [3.05, 3.63) is 45.7 Å². The quantitative estimate of drug-likeness (QED) is 0.790. The van der Waals surface area contributed by atoms with Crippen molar-refractivity contribution >= 4 is 28.1 Å². The summed E-state index contributed by atoms with van der Waals surface area (Å²) in [5, 5.41) is 5.84. The number of nitrogens with zero attached hydrogens (tertiary/aromatic N) is 3. The predicted octanol–water partition coefficient (Wildman–Crippen LogP) is 3.93. The molecule has 4 nitrogen and oxygen atoms in total. The summed E-state index contributed by atoms with van der Waals surface area (Å²) in [6, 6.07) is 6.17. The zero-order valence-corrected chi connectivity index (χ0v) is 14.1. The first-order valence-corrected chi connectivity index (χ1v) is 9.04. The largest absolute Gasteiger partial charge is 0.369 e. The number of anilines is 1. The molecule has 0 radical (unpaired) electrons. The Bertz CT molecular complexity index is 811. The van der Waals surface area contributed by atoms with Crippen LogP contribution in [0.15, 0.2) is 24.5 Å². The number of aryl methyl sites for hydroxylation is 3. The van der Waals surface area contributed by atoms with Gasteiger partial charge in [-0.1, -0.05) is 12.1 Å². The van der Waals surface area contributed by atoms with E-state index in [-0.39, 0.29) is 0 Å². The summed E-state index contributed by atoms with van der Waals surface area (Å²) < 4.78 is 0. The van der Waals surface area contributed by atoms with E-state index in [0.29, 0.717) is 0 Å². The van der Waals surface area contributed by atoms with Crippen molar-refractivity contribution in [2.75, 3.05) is 11.9 Å². The number of aromatic nitrogens is 3. The van der Waals surface area contributed by atoms with E-state index in [9.17, 15) is 0 Å². The first-order chi connectivity index (χ1) is 11.3. The van der Waals surface area contributed by atoms with Crippen LogP contribution in [-0.2, 0) is 19.3 Å². The molecule has 1 aromatic carbocycles. The number of hydrogen-bond acceptors (Lipinski definition) is 5. The lowest BCUT2D eigenvalue weighted by Crippen LogP contribution is -2.07. The highest BCUT2D eigenvalue weighted by Crippen LogP contribution is 2.27. The monoisotopic (exact) mass is 324 g/mol. The lowest BCUT2D eigenvalue weighted by atomic mass is 10.0. The van der Waals surface area contributed by atoms with E-state index in [1.54, 1.807) is 6.33 Å². The van der Waals surface area contributed by atoms with Crippen LogP contribution in [0.1, 0.15) is 34.0 Å². The van der Waals surface area contributed by atoms with Crippen LogP contribution in [0.5, 0.6) is 0 Å². The second-order valence-electron chi connectivity index (χ2n) is 6.05. The third kappa shape index (κ3) is 2.93. The van der Waals surface area contributed by atoms with Crippen LogP contribution in [-0.4, -0.2) is 21.5 Å². The van der Waals surface area contributed by atoms with Crippen LogP contribution < -0.4 is 5.32 Å². The molecule has 2 heterocycles. The highest BCUT2D eigenvalue weighted by Gasteiger charge is 2.15. The van der Waals surface area contributed by atoms with E-state index in [1.165, 1.54) is 40.4 Å². The van der Waals surface area contributed by atoms with Crippen molar-refractivity contribution < 1.29 is 0 Å². The fourth-order valence-electron chi connectivity index (χ4n) is 3.22. The van der Waals surface area contributed by atoms with Crippen LogP contribution in [0, 0.1) is 6.92 Å². The van der Waals surface area contributed by atoms with Crippen molar-refractivity contribution in [1.82, 2.24) is 15.0 Å². The molecule has 0 bridgehead atoms. The maximum absolute atomic E-state index is 4.81. The SMILES string of the molecule is Cc1cccc2ncnc(NCCc3nc4c(s3)CCCC4)c12. The summed E-state index contributed by atoms with van der Waals surface area (Å²) in [7, 11) is 0. The van der Waals surface area contributed by atoms with Gasteiger partial charge in [0.05, 0.1) is 16.2 Å². The minimum Gasteiger partial charge on any atom is -0.369 e. The van der Waals surface area contributed by atoms with Gasteiger partial charge in [-0.25, -0.2) is 15.0 Å². The standard InChI is InChI=1S/C18H20N4S/c1-12-5-4-7-14-17(12)18(21-11-20-14)19-10-9-16-22-13-6-2-3-8-15(13)23-16/h4-5,7,11H,2-3,6,8-10H2,1H3,(H,19,20,21). The summed E-state index contributed by atoms with van der Waals surface area (Å²) in [4.78, 5) is 15.1. The molecule has 0 aliphatic heterocycles. The molecule has 0 atom stereocenters. The van der Waals surface area contributed by atoms with Crippen molar-refractivity contribution in [1.29, 1.82) is 0 Å². The van der Waals surface area contributed by atoms with Crippen LogP contribution >= 0.6 is 11.3 Å². The first-order valence-electron chi connectivity index (χ1n) is 8.23. The molecular weight excluding hydrogens is 304 g/mol. The molecule has 5 heteroatoms. The summed E-state index contributed by atoms with van der Waals surface area (Å²) >= 11 is 1.89. The van der Waals surface area contributed by atoms with E-state index in [2.05, 4.69) is 28.3 Å². The van der Waals surface area contributed by atoms with E-state index in [4.69, 9.17) is 4.98 Å². The fourth-order valence-corrected chi connectivity index (χ4v) is 4.37. The van der Waals surface area contributed by atoms with Crippen molar-refractivity contribution in [3.63, 3.8) is 0 Å². The molecule has 0 spiro atoms. The van der Waals surface area contributed by atoms with Gasteiger partial charge in [-0.05, 0) is 44.2 Å². The smallest absolute Gasteiger partial charge is 0.137 e. The Kier molecular flexibility index (Phi) is 3.95. The summed E-state index contributed by atoms with van der Waals surface area (Å²) in [5.41, 5.74) is 3.54. The first kappa shape index (κ1) is 14.6. The Morgan fingerprint density at radius 3 is 3.00 bits per heavy atom. The summed E-state index contributed by atoms with van der Waals surface area (Å²) in [6.07, 6.45) is 7.58. The number of fused-ring (bicyclic) bond motifs is 2. The van der Waals surface area contributed by atoms with Gasteiger partial charge >= 0.3 is 0 Å². The number of hydrogen-bond donors (Lipinski definition) is 1. The Balaban J connectivity index is 1.48. The average Bonchev–Trinajstić information content (AvgIpc) is 2.98. The number of benzene rings is 1. The number of rotatable bonds is 4. The lowest BCUT2D eigenvalue weighted by molar-refractivity contribution is 0.680. The molecule has 0 fully saturated rings. The molecule has 3 aromatic rings. The molecular formula is C18H20N4S. The normalized spacial score (nSPS) is 14.0. The van der Waals surface area contributed by atoms with Gasteiger partial charge in [0.25, 0.3) is 0 Å². The Morgan fingerprint density at radius 2 is 2.09 bits per heavy atom. The molecule has 2 aromatic heterocycles. The van der Waals surface area contributed by atoms with Crippen molar-refractivity contribution in [3.8, 4) is 0 Å². The maximum Gasteiger partial charge on any atom is 0.137 e. The molecule has 1 aliphatic rings. The van der Waals surface area contributed by atoms with Gasteiger partial charge in [0, 0.05) is 23.2 Å². The second-order valence-corrected chi connectivity index (χ2v) is 7.22. The van der Waals surface area contributed by atoms with Crippen LogP contribution in [0.4, 0.5) is 5.82 Å². The van der Waals surface area contributed by atoms with Gasteiger partial charge in [-0.3, -0.25) is 0 Å². The van der Waals surface area contributed by atoms with Gasteiger partial charge in [-0.2, -0.15) is 0 Å². The Labute approximate surface area is 140 Å². The summed E-state index contributed by atoms with van der Waals surface area (Å²) in [5.74, 6) is 0.925. The highest BCUT2D eigenvalue weighted by molar-refractivity contribution is 7.11. The van der Waals surface area contributed by atoms with E-state index in [0.717, 1.165) is 36.1 Å². The molecule has 1 aliphatic carbocycles. The topological polar surface area (TPSA) is 50.7 Å². The molecule has 23 heavy (non-hydrogen) atoms. The van der Waals surface area contributed by atoms with E-state index < -0.39 is 0 Å². The van der Waals surface area contributed by atoms with Gasteiger partial charge in [0.2, 0.25) is 0 Å². The van der Waals surface area contributed by atoms with Crippen LogP contribution in [0.2, 0.25) is 0 Å². The molecule has 0 unspecified atom stereocenters. The third-order valence-electron chi connectivity index (χ3n) is 4.39. The average molecular weight is 324 g/mol. The van der Waals surface area contributed by atoms with Gasteiger partial charge in [-0.15, -0.1) is 11.3 Å². The minimum atomic E-state index is 0.854. The Hall–Kier alpha value is -2.01. The van der Waals surface area contributed by atoms with Crippen LogP contribution in [0.3, 0.4) is 0 Å². The van der Waals surface area contributed by atoms with Crippen LogP contribution in [0.25, 0.3) is 10.9 Å². The molecule has 118 valence electrons. The van der Waals surface area contributed by atoms with Gasteiger partial charge < -0.3 is 5.32 Å². The van der Waals surface area contributed by atoms with E-state index >= 15 is 0 Å². The number of nitrogens with one attached hydrogen (secondary N) is 1. The Morgan fingerprint density at radius 1 is 1.17 bits per heavy atom. The predicted molar refractivity (Wildman–Crippen MR) is 95.2 cm³/mol. The maximum atomic E-state index is 4.81. The number of thiazole rings is 1. The third-order valence-corrected chi connectivity index (χ3v) is 5.61. The fraction of sp³-hybridized carbons (Fsp3) is 0.389. The lowest BCUT2D eigenvalue weighted by Gasteiger charge is -2.09. The minimum absolute atomic E-state index is 0.854. The van der Waals surface area contributed by atoms with Gasteiger partial charge in [0.15, 0.2) is 0 Å². The molecule has 4 rings (SSSR count). The molecule has 1 N–H and O–H groups in total. The highest BCUT2D eigenvalue weighted by atomic mass is 32.1. The van der Waals surface area contributed by atoms with Gasteiger partial charge in [0.1, 0.15) is 12.1 Å². The molecule has 0 saturated heterocycles.